The smallest absolute Gasteiger partial charge is 0.254 e. The van der Waals surface area contributed by atoms with Gasteiger partial charge < -0.3 is 29.0 Å². The van der Waals surface area contributed by atoms with E-state index < -0.39 is 0 Å². The van der Waals surface area contributed by atoms with E-state index in [1.807, 2.05) is 31.2 Å². The van der Waals surface area contributed by atoms with Crippen LogP contribution in [0.25, 0.3) is 0 Å². The Morgan fingerprint density at radius 3 is 2.89 bits per heavy atom. The molecule has 2 aliphatic heterocycles. The standard InChI is InChI=1S/C26H26N4O5/c1-17-11-20(14-28-25(17)33-2)30-9-10-34-23-4-3-21(13-22(23)30)35-16-18-6-8-29(15-18)26(32)19-5-7-27-24(31)12-19/h3-5,7,11-14,16H,6,8-10,15H2,1-2H3,(H,27,31)/b18-16-. The number of aromatic nitrogens is 2. The number of benzene rings is 1. The van der Waals surface area contributed by atoms with E-state index in [1.165, 1.54) is 12.3 Å². The van der Waals surface area contributed by atoms with Gasteiger partial charge in [0.25, 0.3) is 5.91 Å². The fraction of sp³-hybridized carbons (Fsp3) is 0.269. The number of aromatic amines is 1. The minimum Gasteiger partial charge on any atom is -0.490 e. The molecule has 0 atom stereocenters. The summed E-state index contributed by atoms with van der Waals surface area (Å²) in [5.41, 5.74) is 3.90. The van der Waals surface area contributed by atoms with E-state index in [-0.39, 0.29) is 11.5 Å². The third kappa shape index (κ3) is 4.70. The number of methoxy groups -OCH3 is 1. The number of aryl methyl sites for hydroxylation is 1. The van der Waals surface area contributed by atoms with Crippen LogP contribution in [0.3, 0.4) is 0 Å². The van der Waals surface area contributed by atoms with Gasteiger partial charge in [-0.3, -0.25) is 9.59 Å². The largest absolute Gasteiger partial charge is 0.490 e. The molecule has 0 radical (unpaired) electrons. The lowest BCUT2D eigenvalue weighted by Crippen LogP contribution is -2.28. The number of likely N-dealkylation sites (tertiary alicyclic amines) is 1. The summed E-state index contributed by atoms with van der Waals surface area (Å²) < 4.78 is 17.1. The number of fused-ring (bicyclic) bond motifs is 1. The highest BCUT2D eigenvalue weighted by Gasteiger charge is 2.24. The number of H-pyrrole nitrogens is 1. The number of ether oxygens (including phenoxy) is 3. The Labute approximate surface area is 202 Å². The van der Waals surface area contributed by atoms with Crippen LogP contribution < -0.4 is 24.7 Å². The van der Waals surface area contributed by atoms with Crippen molar-refractivity contribution in [2.75, 3.05) is 38.3 Å². The highest BCUT2D eigenvalue weighted by Crippen LogP contribution is 2.39. The van der Waals surface area contributed by atoms with Gasteiger partial charge in [-0.05, 0) is 43.2 Å². The molecular weight excluding hydrogens is 448 g/mol. The Hall–Kier alpha value is -4.27. The van der Waals surface area contributed by atoms with Gasteiger partial charge in [-0.2, -0.15) is 0 Å². The summed E-state index contributed by atoms with van der Waals surface area (Å²) >= 11 is 0. The number of pyridine rings is 2. The number of carbonyl (C=O) groups excluding carboxylic acids is 1. The minimum absolute atomic E-state index is 0.163. The van der Waals surface area contributed by atoms with Crippen molar-refractivity contribution in [2.24, 2.45) is 0 Å². The predicted octanol–water partition coefficient (Wildman–Crippen LogP) is 3.43. The summed E-state index contributed by atoms with van der Waals surface area (Å²) in [6.45, 7) is 4.26. The van der Waals surface area contributed by atoms with E-state index in [2.05, 4.69) is 14.9 Å². The average molecular weight is 475 g/mol. The van der Waals surface area contributed by atoms with Crippen molar-refractivity contribution in [3.63, 3.8) is 0 Å². The fourth-order valence-corrected chi connectivity index (χ4v) is 4.31. The first-order valence-electron chi connectivity index (χ1n) is 11.4. The lowest BCUT2D eigenvalue weighted by Gasteiger charge is -2.31. The zero-order valence-electron chi connectivity index (χ0n) is 19.6. The Bertz CT molecular complexity index is 1350. The van der Waals surface area contributed by atoms with Crippen LogP contribution in [0.2, 0.25) is 0 Å². The summed E-state index contributed by atoms with van der Waals surface area (Å²) in [6.07, 6.45) is 5.70. The number of rotatable bonds is 5. The van der Waals surface area contributed by atoms with E-state index in [0.29, 0.717) is 49.9 Å². The Balaban J connectivity index is 1.31. The average Bonchev–Trinajstić information content (AvgIpc) is 3.35. The van der Waals surface area contributed by atoms with Crippen LogP contribution in [-0.4, -0.2) is 54.1 Å². The summed E-state index contributed by atoms with van der Waals surface area (Å²) in [5, 5.41) is 0. The molecule has 1 aromatic carbocycles. The number of nitrogens with one attached hydrogen (secondary N) is 1. The molecule has 3 aromatic rings. The topological polar surface area (TPSA) is 97.0 Å². The van der Waals surface area contributed by atoms with Crippen molar-refractivity contribution in [3.05, 3.63) is 82.1 Å². The molecule has 0 bridgehead atoms. The van der Waals surface area contributed by atoms with E-state index in [4.69, 9.17) is 14.2 Å². The molecular formula is C26H26N4O5. The third-order valence-corrected chi connectivity index (χ3v) is 6.08. The number of carbonyl (C=O) groups is 1. The normalized spacial score (nSPS) is 16.1. The van der Waals surface area contributed by atoms with E-state index in [0.717, 1.165) is 28.3 Å². The Morgan fingerprint density at radius 1 is 1.20 bits per heavy atom. The zero-order valence-corrected chi connectivity index (χ0v) is 19.6. The SMILES string of the molecule is COc1ncc(N2CCOc3ccc(O/C=C4/CCN(C(=O)c5cc[nH]c(=O)c5)C4)cc32)cc1C. The van der Waals surface area contributed by atoms with Gasteiger partial charge in [0.1, 0.15) is 18.1 Å². The Kier molecular flexibility index (Phi) is 6.13. The molecule has 5 rings (SSSR count). The zero-order chi connectivity index (χ0) is 24.4. The van der Waals surface area contributed by atoms with Crippen LogP contribution in [0.15, 0.2) is 65.4 Å². The van der Waals surface area contributed by atoms with E-state index in [9.17, 15) is 9.59 Å². The molecule has 4 heterocycles. The highest BCUT2D eigenvalue weighted by atomic mass is 16.5. The summed E-state index contributed by atoms with van der Waals surface area (Å²) in [5.74, 6) is 1.89. The van der Waals surface area contributed by atoms with Crippen LogP contribution in [0.4, 0.5) is 11.4 Å². The molecule has 9 nitrogen and oxygen atoms in total. The molecule has 35 heavy (non-hydrogen) atoms. The molecule has 1 fully saturated rings. The second-order valence-corrected chi connectivity index (χ2v) is 8.46. The summed E-state index contributed by atoms with van der Waals surface area (Å²) in [4.78, 5) is 35.0. The molecule has 1 amide bonds. The quantitative estimate of drug-likeness (QED) is 0.566. The Morgan fingerprint density at radius 2 is 2.09 bits per heavy atom. The molecule has 0 saturated carbocycles. The minimum atomic E-state index is -0.292. The van der Waals surface area contributed by atoms with Crippen LogP contribution >= 0.6 is 0 Å². The first kappa shape index (κ1) is 22.5. The molecule has 0 unspecified atom stereocenters. The monoisotopic (exact) mass is 474 g/mol. The third-order valence-electron chi connectivity index (χ3n) is 6.08. The second-order valence-electron chi connectivity index (χ2n) is 8.46. The molecule has 1 N–H and O–H groups in total. The van der Waals surface area contributed by atoms with Crippen LogP contribution in [0, 0.1) is 6.92 Å². The second kappa shape index (κ2) is 9.54. The van der Waals surface area contributed by atoms with Crippen LogP contribution in [0.5, 0.6) is 17.4 Å². The van der Waals surface area contributed by atoms with Crippen molar-refractivity contribution >= 4 is 17.3 Å². The van der Waals surface area contributed by atoms with Gasteiger partial charge in [0.15, 0.2) is 0 Å². The first-order valence-corrected chi connectivity index (χ1v) is 11.4. The van der Waals surface area contributed by atoms with Crippen LogP contribution in [-0.2, 0) is 0 Å². The summed E-state index contributed by atoms with van der Waals surface area (Å²) in [7, 11) is 1.61. The molecule has 180 valence electrons. The van der Waals surface area contributed by atoms with Crippen LogP contribution in [0.1, 0.15) is 22.3 Å². The number of hydrogen-bond donors (Lipinski definition) is 1. The fourth-order valence-electron chi connectivity index (χ4n) is 4.31. The maximum atomic E-state index is 12.7. The molecule has 0 spiro atoms. The van der Waals surface area contributed by atoms with Gasteiger partial charge in [0.2, 0.25) is 11.4 Å². The molecule has 2 aromatic heterocycles. The van der Waals surface area contributed by atoms with E-state index in [1.54, 1.807) is 30.5 Å². The van der Waals surface area contributed by atoms with Gasteiger partial charge in [-0.15, -0.1) is 0 Å². The molecule has 0 aliphatic carbocycles. The lowest BCUT2D eigenvalue weighted by atomic mass is 10.2. The lowest BCUT2D eigenvalue weighted by molar-refractivity contribution is 0.0796. The summed E-state index contributed by atoms with van der Waals surface area (Å²) in [6, 6.07) is 10.7. The molecule has 9 heteroatoms. The van der Waals surface area contributed by atoms with Crippen molar-refractivity contribution in [1.82, 2.24) is 14.9 Å². The van der Waals surface area contributed by atoms with Crippen molar-refractivity contribution in [2.45, 2.75) is 13.3 Å². The van der Waals surface area contributed by atoms with Gasteiger partial charge in [0, 0.05) is 42.5 Å². The predicted molar refractivity (Wildman–Crippen MR) is 131 cm³/mol. The van der Waals surface area contributed by atoms with Gasteiger partial charge in [-0.25, -0.2) is 4.98 Å². The number of anilines is 2. The molecule has 1 saturated heterocycles. The maximum Gasteiger partial charge on any atom is 0.254 e. The maximum absolute atomic E-state index is 12.7. The molecule has 2 aliphatic rings. The highest BCUT2D eigenvalue weighted by molar-refractivity contribution is 5.94. The number of hydrogen-bond acceptors (Lipinski definition) is 7. The van der Waals surface area contributed by atoms with Gasteiger partial charge in [-0.1, -0.05) is 0 Å². The van der Waals surface area contributed by atoms with Gasteiger partial charge in [0.05, 0.1) is 37.5 Å². The first-order chi connectivity index (χ1) is 17.0. The van der Waals surface area contributed by atoms with E-state index >= 15 is 0 Å². The van der Waals surface area contributed by atoms with Crippen molar-refractivity contribution < 1.29 is 19.0 Å². The van der Waals surface area contributed by atoms with Crippen molar-refractivity contribution in [1.29, 1.82) is 0 Å². The van der Waals surface area contributed by atoms with Crippen molar-refractivity contribution in [3.8, 4) is 17.4 Å². The number of amides is 1. The van der Waals surface area contributed by atoms with Gasteiger partial charge >= 0.3 is 0 Å². The number of nitrogens with zero attached hydrogens (tertiary/aromatic N) is 3.